The molecule has 0 saturated carbocycles. The van der Waals surface area contributed by atoms with Gasteiger partial charge >= 0.3 is 5.97 Å². The molecular weight excluding hydrogens is 208 g/mol. The molecule has 1 rings (SSSR count). The third-order valence-corrected chi connectivity index (χ3v) is 3.23. The Labute approximate surface area is 96.4 Å². The van der Waals surface area contributed by atoms with E-state index in [-0.39, 0.29) is 6.54 Å². The van der Waals surface area contributed by atoms with Gasteiger partial charge < -0.3 is 20.4 Å². The average Bonchev–Trinajstić information content (AvgIpc) is 2.20. The van der Waals surface area contributed by atoms with Gasteiger partial charge in [-0.05, 0) is 33.4 Å². The van der Waals surface area contributed by atoms with E-state index in [0.29, 0.717) is 6.04 Å². The Morgan fingerprint density at radius 2 is 2.25 bits per heavy atom. The zero-order valence-electron chi connectivity index (χ0n) is 10.1. The second kappa shape index (κ2) is 5.61. The molecule has 0 aromatic rings. The lowest BCUT2D eigenvalue weighted by Gasteiger charge is -2.33. The van der Waals surface area contributed by atoms with E-state index in [4.69, 9.17) is 5.11 Å². The maximum Gasteiger partial charge on any atom is 0.336 e. The highest BCUT2D eigenvalue weighted by atomic mass is 16.4. The Bertz CT molecular complexity index is 243. The minimum absolute atomic E-state index is 0.0900. The van der Waals surface area contributed by atoms with E-state index >= 15 is 0 Å². The maximum absolute atomic E-state index is 10.7. The van der Waals surface area contributed by atoms with E-state index in [0.717, 1.165) is 19.5 Å². The van der Waals surface area contributed by atoms with Crippen LogP contribution >= 0.6 is 0 Å². The second-order valence-electron chi connectivity index (χ2n) is 4.84. The molecule has 0 radical (unpaired) electrons. The van der Waals surface area contributed by atoms with Gasteiger partial charge in [0.1, 0.15) is 0 Å². The molecule has 0 aliphatic carbocycles. The normalized spacial score (nSPS) is 26.3. The fraction of sp³-hybridized carbons (Fsp3) is 0.909. The van der Waals surface area contributed by atoms with E-state index in [1.165, 1.54) is 19.8 Å². The molecule has 0 spiro atoms. The van der Waals surface area contributed by atoms with Crippen molar-refractivity contribution in [2.45, 2.75) is 37.8 Å². The predicted octanol–water partition coefficient (Wildman–Crippen LogP) is -0.104. The highest BCUT2D eigenvalue weighted by Gasteiger charge is 2.29. The number of aliphatic hydroxyl groups is 1. The number of carbonyl (C=O) groups is 1. The summed E-state index contributed by atoms with van der Waals surface area (Å²) in [5.74, 6) is -1.18. The Balaban J connectivity index is 2.26. The van der Waals surface area contributed by atoms with Gasteiger partial charge in [0.15, 0.2) is 5.60 Å². The van der Waals surface area contributed by atoms with Gasteiger partial charge in [0.25, 0.3) is 0 Å². The van der Waals surface area contributed by atoms with E-state index in [1.54, 1.807) is 0 Å². The summed E-state index contributed by atoms with van der Waals surface area (Å²) in [4.78, 5) is 13.0. The molecule has 94 valence electrons. The molecule has 3 N–H and O–H groups in total. The molecule has 1 saturated heterocycles. The van der Waals surface area contributed by atoms with Crippen molar-refractivity contribution in [3.63, 3.8) is 0 Å². The molecule has 2 atom stereocenters. The van der Waals surface area contributed by atoms with Gasteiger partial charge in [0.05, 0.1) is 0 Å². The van der Waals surface area contributed by atoms with Crippen LogP contribution in [0.25, 0.3) is 0 Å². The predicted molar refractivity (Wildman–Crippen MR) is 61.4 cm³/mol. The van der Waals surface area contributed by atoms with Gasteiger partial charge in [-0.1, -0.05) is 6.42 Å². The summed E-state index contributed by atoms with van der Waals surface area (Å²) >= 11 is 0. The Kier molecular flexibility index (Phi) is 4.70. The van der Waals surface area contributed by atoms with E-state index in [9.17, 15) is 9.90 Å². The first-order valence-electron chi connectivity index (χ1n) is 5.80. The largest absolute Gasteiger partial charge is 0.479 e. The molecule has 2 unspecified atom stereocenters. The number of carboxylic acid groups (broad SMARTS) is 1. The number of aliphatic carboxylic acids is 1. The van der Waals surface area contributed by atoms with Gasteiger partial charge in [-0.2, -0.15) is 0 Å². The Morgan fingerprint density at radius 1 is 1.56 bits per heavy atom. The number of nitrogens with one attached hydrogen (secondary N) is 1. The second-order valence-corrected chi connectivity index (χ2v) is 4.84. The van der Waals surface area contributed by atoms with E-state index in [2.05, 4.69) is 17.3 Å². The number of hydrogen-bond donors (Lipinski definition) is 3. The van der Waals surface area contributed by atoms with Crippen LogP contribution in [0.3, 0.4) is 0 Å². The van der Waals surface area contributed by atoms with Crippen molar-refractivity contribution in [2.24, 2.45) is 0 Å². The summed E-state index contributed by atoms with van der Waals surface area (Å²) < 4.78 is 0. The molecule has 1 aliphatic rings. The first-order valence-corrected chi connectivity index (χ1v) is 5.80. The lowest BCUT2D eigenvalue weighted by atomic mass is 10.0. The van der Waals surface area contributed by atoms with Gasteiger partial charge in [-0.25, -0.2) is 4.79 Å². The van der Waals surface area contributed by atoms with Crippen LogP contribution in [0, 0.1) is 0 Å². The lowest BCUT2D eigenvalue weighted by molar-refractivity contribution is -0.156. The lowest BCUT2D eigenvalue weighted by Crippen LogP contribution is -2.49. The minimum Gasteiger partial charge on any atom is -0.479 e. The SMILES string of the molecule is CN1CCCCC1CNCC(C)(O)C(=O)O. The van der Waals surface area contributed by atoms with Crippen LogP contribution in [-0.4, -0.2) is 59.4 Å². The molecule has 16 heavy (non-hydrogen) atoms. The molecule has 0 bridgehead atoms. The van der Waals surface area contributed by atoms with Gasteiger partial charge in [-0.15, -0.1) is 0 Å². The van der Waals surface area contributed by atoms with E-state index < -0.39 is 11.6 Å². The monoisotopic (exact) mass is 230 g/mol. The third kappa shape index (κ3) is 3.73. The Hall–Kier alpha value is -0.650. The highest BCUT2D eigenvalue weighted by molar-refractivity contribution is 5.76. The smallest absolute Gasteiger partial charge is 0.336 e. The summed E-state index contributed by atoms with van der Waals surface area (Å²) in [6.07, 6.45) is 3.60. The van der Waals surface area contributed by atoms with E-state index in [1.807, 2.05) is 0 Å². The molecule has 5 heteroatoms. The molecule has 0 aromatic heterocycles. The molecule has 5 nitrogen and oxygen atoms in total. The van der Waals surface area contributed by atoms with Crippen molar-refractivity contribution >= 4 is 5.97 Å². The zero-order chi connectivity index (χ0) is 12.2. The number of rotatable bonds is 5. The summed E-state index contributed by atoms with van der Waals surface area (Å²) in [5.41, 5.74) is -1.67. The molecule has 1 aliphatic heterocycles. The fourth-order valence-electron chi connectivity index (χ4n) is 1.96. The minimum atomic E-state index is -1.67. The van der Waals surface area contributed by atoms with Crippen molar-refractivity contribution in [3.05, 3.63) is 0 Å². The zero-order valence-corrected chi connectivity index (χ0v) is 10.1. The number of carboxylic acids is 1. The van der Waals surface area contributed by atoms with Crippen molar-refractivity contribution in [1.29, 1.82) is 0 Å². The standard InChI is InChI=1S/C11H22N2O3/c1-11(16,10(14)15)8-12-7-9-5-3-4-6-13(9)2/h9,12,16H,3-8H2,1-2H3,(H,14,15). The summed E-state index contributed by atoms with van der Waals surface area (Å²) in [6.45, 7) is 3.24. The fourth-order valence-corrected chi connectivity index (χ4v) is 1.96. The van der Waals surface area contributed by atoms with Gasteiger partial charge in [0.2, 0.25) is 0 Å². The van der Waals surface area contributed by atoms with Crippen LogP contribution in [0.15, 0.2) is 0 Å². The van der Waals surface area contributed by atoms with Crippen LogP contribution in [0.4, 0.5) is 0 Å². The Morgan fingerprint density at radius 3 is 2.81 bits per heavy atom. The molecule has 0 amide bonds. The number of likely N-dealkylation sites (N-methyl/N-ethyl adjacent to an activating group) is 1. The maximum atomic E-state index is 10.7. The molecule has 0 aromatic carbocycles. The summed E-state index contributed by atoms with van der Waals surface area (Å²) in [5, 5.41) is 21.3. The first-order chi connectivity index (χ1) is 7.43. The molecule has 1 fully saturated rings. The number of likely N-dealkylation sites (tertiary alicyclic amines) is 1. The third-order valence-electron chi connectivity index (χ3n) is 3.23. The quantitative estimate of drug-likeness (QED) is 0.615. The average molecular weight is 230 g/mol. The van der Waals surface area contributed by atoms with Crippen LogP contribution in [0.2, 0.25) is 0 Å². The van der Waals surface area contributed by atoms with Crippen molar-refractivity contribution < 1.29 is 15.0 Å². The molecule has 1 heterocycles. The van der Waals surface area contributed by atoms with Crippen LogP contribution in [0.5, 0.6) is 0 Å². The van der Waals surface area contributed by atoms with Crippen LogP contribution < -0.4 is 5.32 Å². The molecular formula is C11H22N2O3. The summed E-state index contributed by atoms with van der Waals surface area (Å²) in [6, 6.07) is 0.457. The topological polar surface area (TPSA) is 72.8 Å². The highest BCUT2D eigenvalue weighted by Crippen LogP contribution is 2.14. The first kappa shape index (κ1) is 13.4. The van der Waals surface area contributed by atoms with Crippen molar-refractivity contribution in [3.8, 4) is 0 Å². The summed E-state index contributed by atoms with van der Waals surface area (Å²) in [7, 11) is 2.08. The van der Waals surface area contributed by atoms with Gasteiger partial charge in [-0.3, -0.25) is 0 Å². The van der Waals surface area contributed by atoms with Crippen molar-refractivity contribution in [2.75, 3.05) is 26.7 Å². The van der Waals surface area contributed by atoms with Crippen molar-refractivity contribution in [1.82, 2.24) is 10.2 Å². The van der Waals surface area contributed by atoms with Crippen LogP contribution in [-0.2, 0) is 4.79 Å². The number of hydrogen-bond acceptors (Lipinski definition) is 4. The number of nitrogens with zero attached hydrogens (tertiary/aromatic N) is 1. The van der Waals surface area contributed by atoms with Gasteiger partial charge in [0, 0.05) is 19.1 Å². The number of piperidine rings is 1. The van der Waals surface area contributed by atoms with Crippen LogP contribution in [0.1, 0.15) is 26.2 Å².